The number of nitrogens with one attached hydrogen (secondary N) is 1. The van der Waals surface area contributed by atoms with Gasteiger partial charge in [0.05, 0.1) is 25.4 Å². The van der Waals surface area contributed by atoms with Crippen LogP contribution in [0.1, 0.15) is 26.2 Å². The van der Waals surface area contributed by atoms with Gasteiger partial charge in [0, 0.05) is 40.0 Å². The first-order chi connectivity index (χ1) is 9.33. The minimum atomic E-state index is 0.212. The predicted molar refractivity (Wildman–Crippen MR) is 74.6 cm³/mol. The van der Waals surface area contributed by atoms with E-state index in [9.17, 15) is 0 Å². The maximum Gasteiger partial charge on any atom is 0.0704 e. The van der Waals surface area contributed by atoms with Crippen molar-refractivity contribution in [1.82, 2.24) is 5.32 Å². The van der Waals surface area contributed by atoms with Crippen LogP contribution < -0.4 is 5.32 Å². The molecule has 1 N–H and O–H groups in total. The molecule has 1 aliphatic heterocycles. The van der Waals surface area contributed by atoms with Gasteiger partial charge in [-0.2, -0.15) is 0 Å². The standard InChI is InChI=1S/C14H29NO4/c1-13(11-15-12-14-5-3-8-19-14)18-10-9-17-7-4-6-16-2/h13-15H,3-12H2,1-2H3. The molecule has 0 aromatic rings. The van der Waals surface area contributed by atoms with Gasteiger partial charge in [-0.3, -0.25) is 0 Å². The van der Waals surface area contributed by atoms with Crippen LogP contribution in [0.5, 0.6) is 0 Å². The molecule has 0 aliphatic carbocycles. The van der Waals surface area contributed by atoms with Gasteiger partial charge < -0.3 is 24.3 Å². The molecule has 0 amide bonds. The van der Waals surface area contributed by atoms with Crippen molar-refractivity contribution in [2.75, 3.05) is 53.2 Å². The molecular formula is C14H29NO4. The van der Waals surface area contributed by atoms with E-state index in [-0.39, 0.29) is 6.10 Å². The molecule has 1 heterocycles. The average Bonchev–Trinajstić information content (AvgIpc) is 2.91. The van der Waals surface area contributed by atoms with E-state index in [4.69, 9.17) is 18.9 Å². The van der Waals surface area contributed by atoms with Crippen molar-refractivity contribution >= 4 is 0 Å². The number of hydrogen-bond acceptors (Lipinski definition) is 5. The fourth-order valence-electron chi connectivity index (χ4n) is 2.03. The lowest BCUT2D eigenvalue weighted by atomic mass is 10.2. The Hall–Kier alpha value is -0.200. The van der Waals surface area contributed by atoms with Crippen molar-refractivity contribution in [1.29, 1.82) is 0 Å². The Morgan fingerprint density at radius 1 is 1.26 bits per heavy atom. The zero-order valence-electron chi connectivity index (χ0n) is 12.4. The molecule has 5 nitrogen and oxygen atoms in total. The summed E-state index contributed by atoms with van der Waals surface area (Å²) in [6.45, 7) is 7.58. The van der Waals surface area contributed by atoms with Crippen LogP contribution >= 0.6 is 0 Å². The Kier molecular flexibility index (Phi) is 10.3. The van der Waals surface area contributed by atoms with E-state index in [0.29, 0.717) is 19.3 Å². The molecule has 19 heavy (non-hydrogen) atoms. The third-order valence-corrected chi connectivity index (χ3v) is 3.09. The van der Waals surface area contributed by atoms with Gasteiger partial charge in [0.25, 0.3) is 0 Å². The molecule has 0 radical (unpaired) electrons. The number of ether oxygens (including phenoxy) is 4. The minimum Gasteiger partial charge on any atom is -0.385 e. The van der Waals surface area contributed by atoms with Crippen molar-refractivity contribution in [3.05, 3.63) is 0 Å². The summed E-state index contributed by atoms with van der Waals surface area (Å²) >= 11 is 0. The normalized spacial score (nSPS) is 20.8. The molecule has 1 rings (SSSR count). The second kappa shape index (κ2) is 11.6. The van der Waals surface area contributed by atoms with E-state index >= 15 is 0 Å². The van der Waals surface area contributed by atoms with Crippen LogP contribution in [-0.4, -0.2) is 65.4 Å². The molecule has 1 saturated heterocycles. The molecular weight excluding hydrogens is 246 g/mol. The second-order valence-electron chi connectivity index (χ2n) is 4.93. The number of methoxy groups -OCH3 is 1. The summed E-state index contributed by atoms with van der Waals surface area (Å²) in [5.41, 5.74) is 0. The maximum atomic E-state index is 5.65. The molecule has 5 heteroatoms. The van der Waals surface area contributed by atoms with Gasteiger partial charge in [0.1, 0.15) is 0 Å². The molecule has 0 aromatic heterocycles. The van der Waals surface area contributed by atoms with Gasteiger partial charge in [-0.1, -0.05) is 0 Å². The fourth-order valence-corrected chi connectivity index (χ4v) is 2.03. The van der Waals surface area contributed by atoms with Gasteiger partial charge in [-0.25, -0.2) is 0 Å². The summed E-state index contributed by atoms with van der Waals surface area (Å²) < 4.78 is 21.6. The first kappa shape index (κ1) is 16.9. The quantitative estimate of drug-likeness (QED) is 0.543. The monoisotopic (exact) mass is 275 g/mol. The third kappa shape index (κ3) is 9.35. The molecule has 2 unspecified atom stereocenters. The van der Waals surface area contributed by atoms with Crippen LogP contribution in [0.15, 0.2) is 0 Å². The van der Waals surface area contributed by atoms with Crippen LogP contribution in [0.3, 0.4) is 0 Å². The summed E-state index contributed by atoms with van der Waals surface area (Å²) in [6, 6.07) is 0. The minimum absolute atomic E-state index is 0.212. The Balaban J connectivity index is 1.80. The van der Waals surface area contributed by atoms with E-state index < -0.39 is 0 Å². The molecule has 114 valence electrons. The SMILES string of the molecule is COCCCOCCOC(C)CNCC1CCCO1. The maximum absolute atomic E-state index is 5.65. The first-order valence-corrected chi connectivity index (χ1v) is 7.33. The van der Waals surface area contributed by atoms with Gasteiger partial charge in [0.2, 0.25) is 0 Å². The van der Waals surface area contributed by atoms with Crippen LogP contribution in [-0.2, 0) is 18.9 Å². The zero-order valence-corrected chi connectivity index (χ0v) is 12.4. The van der Waals surface area contributed by atoms with Crippen molar-refractivity contribution < 1.29 is 18.9 Å². The highest BCUT2D eigenvalue weighted by Crippen LogP contribution is 2.10. The Bertz CT molecular complexity index is 198. The second-order valence-corrected chi connectivity index (χ2v) is 4.93. The lowest BCUT2D eigenvalue weighted by molar-refractivity contribution is 0.00755. The molecule has 2 atom stereocenters. The van der Waals surface area contributed by atoms with E-state index in [2.05, 4.69) is 12.2 Å². The molecule has 0 bridgehead atoms. The lowest BCUT2D eigenvalue weighted by Gasteiger charge is -2.16. The summed E-state index contributed by atoms with van der Waals surface area (Å²) in [7, 11) is 1.70. The van der Waals surface area contributed by atoms with Crippen LogP contribution in [0, 0.1) is 0 Å². The number of rotatable bonds is 12. The van der Waals surface area contributed by atoms with Crippen LogP contribution in [0.2, 0.25) is 0 Å². The van der Waals surface area contributed by atoms with Crippen LogP contribution in [0.4, 0.5) is 0 Å². The van der Waals surface area contributed by atoms with Gasteiger partial charge in [-0.15, -0.1) is 0 Å². The van der Waals surface area contributed by atoms with Crippen molar-refractivity contribution in [3.63, 3.8) is 0 Å². The molecule has 0 saturated carbocycles. The Morgan fingerprint density at radius 3 is 2.89 bits per heavy atom. The smallest absolute Gasteiger partial charge is 0.0704 e. The van der Waals surface area contributed by atoms with E-state index in [1.807, 2.05) is 0 Å². The summed E-state index contributed by atoms with van der Waals surface area (Å²) in [5.74, 6) is 0. The molecule has 1 fully saturated rings. The average molecular weight is 275 g/mol. The summed E-state index contributed by atoms with van der Waals surface area (Å²) in [6.07, 6.45) is 3.92. The highest BCUT2D eigenvalue weighted by Gasteiger charge is 2.14. The Morgan fingerprint density at radius 2 is 2.16 bits per heavy atom. The van der Waals surface area contributed by atoms with E-state index in [0.717, 1.165) is 39.3 Å². The molecule has 0 spiro atoms. The van der Waals surface area contributed by atoms with Gasteiger partial charge in [-0.05, 0) is 26.2 Å². The highest BCUT2D eigenvalue weighted by atomic mass is 16.5. The molecule has 1 aliphatic rings. The van der Waals surface area contributed by atoms with Gasteiger partial charge >= 0.3 is 0 Å². The van der Waals surface area contributed by atoms with E-state index in [1.54, 1.807) is 7.11 Å². The van der Waals surface area contributed by atoms with Crippen LogP contribution in [0.25, 0.3) is 0 Å². The van der Waals surface area contributed by atoms with E-state index in [1.165, 1.54) is 12.8 Å². The summed E-state index contributed by atoms with van der Waals surface area (Å²) in [5, 5.41) is 3.39. The van der Waals surface area contributed by atoms with Gasteiger partial charge in [0.15, 0.2) is 0 Å². The fraction of sp³-hybridized carbons (Fsp3) is 1.00. The lowest BCUT2D eigenvalue weighted by Crippen LogP contribution is -2.33. The number of hydrogen-bond donors (Lipinski definition) is 1. The zero-order chi connectivity index (χ0) is 13.8. The topological polar surface area (TPSA) is 49.0 Å². The third-order valence-electron chi connectivity index (χ3n) is 3.09. The summed E-state index contributed by atoms with van der Waals surface area (Å²) in [4.78, 5) is 0. The Labute approximate surface area is 116 Å². The largest absolute Gasteiger partial charge is 0.385 e. The predicted octanol–water partition coefficient (Wildman–Crippen LogP) is 1.21. The van der Waals surface area contributed by atoms with Crippen molar-refractivity contribution in [3.8, 4) is 0 Å². The highest BCUT2D eigenvalue weighted by molar-refractivity contribution is 4.68. The van der Waals surface area contributed by atoms with Crippen molar-refractivity contribution in [2.24, 2.45) is 0 Å². The first-order valence-electron chi connectivity index (χ1n) is 7.33. The van der Waals surface area contributed by atoms with Crippen molar-refractivity contribution in [2.45, 2.75) is 38.4 Å². The molecule has 0 aromatic carbocycles.